The molecule has 0 spiro atoms. The normalized spacial score (nSPS) is 11.1. The molecule has 3 heterocycles. The predicted molar refractivity (Wildman–Crippen MR) is 102 cm³/mol. The van der Waals surface area contributed by atoms with Crippen LogP contribution in [0.25, 0.3) is 0 Å². The van der Waals surface area contributed by atoms with Crippen molar-refractivity contribution in [3.63, 3.8) is 0 Å². The molecule has 0 atom stereocenters. The molecule has 0 aliphatic heterocycles. The molecule has 0 aliphatic rings. The lowest BCUT2D eigenvalue weighted by Crippen LogP contribution is -2.15. The second-order valence-corrected chi connectivity index (χ2v) is 6.95. The Morgan fingerprint density at radius 1 is 1.12 bits per heavy atom. The molecule has 0 unspecified atom stereocenters. The first kappa shape index (κ1) is 18.4. The lowest BCUT2D eigenvalue weighted by molar-refractivity contribution is -0.116. The summed E-state index contributed by atoms with van der Waals surface area (Å²) in [4.78, 5) is 12.2. The van der Waals surface area contributed by atoms with Crippen LogP contribution in [0.5, 0.6) is 0 Å². The topological polar surface area (TPSA) is 82.6 Å². The Bertz CT molecular complexity index is 908. The molecular weight excluding hydrogens is 398 g/mol. The molecule has 0 aliphatic carbocycles. The third-order valence-corrected chi connectivity index (χ3v) is 5.13. The van der Waals surface area contributed by atoms with Crippen LogP contribution < -0.4 is 5.32 Å². The highest BCUT2D eigenvalue weighted by Gasteiger charge is 2.10. The van der Waals surface area contributed by atoms with Gasteiger partial charge in [0.05, 0.1) is 41.8 Å². The van der Waals surface area contributed by atoms with Crippen molar-refractivity contribution in [3.8, 4) is 0 Å². The Hall–Kier alpha value is -2.42. The number of carbonyl (C=O) groups excluding carboxylic acids is 1. The predicted octanol–water partition coefficient (Wildman–Crippen LogP) is 2.75. The van der Waals surface area contributed by atoms with Crippen molar-refractivity contribution in [1.29, 1.82) is 0 Å². The zero-order valence-corrected chi connectivity index (χ0v) is 16.7. The van der Waals surface area contributed by atoms with Gasteiger partial charge >= 0.3 is 0 Å². The van der Waals surface area contributed by atoms with Crippen LogP contribution in [0, 0.1) is 13.8 Å². The second kappa shape index (κ2) is 7.86. The van der Waals surface area contributed by atoms with Crippen LogP contribution in [-0.4, -0.2) is 35.2 Å². The second-order valence-electron chi connectivity index (χ2n) is 6.10. The largest absolute Gasteiger partial charge is 0.323 e. The number of amides is 1. The summed E-state index contributed by atoms with van der Waals surface area (Å²) in [6, 6.07) is 0. The van der Waals surface area contributed by atoms with E-state index in [1.807, 2.05) is 30.9 Å². The third kappa shape index (κ3) is 4.04. The number of aryl methyl sites for hydroxylation is 2. The van der Waals surface area contributed by atoms with Crippen molar-refractivity contribution < 1.29 is 4.79 Å². The summed E-state index contributed by atoms with van der Waals surface area (Å²) in [7, 11) is 0. The molecule has 0 saturated carbocycles. The fourth-order valence-electron chi connectivity index (χ4n) is 2.73. The van der Waals surface area contributed by atoms with Gasteiger partial charge in [-0.25, -0.2) is 0 Å². The van der Waals surface area contributed by atoms with Crippen LogP contribution in [0.1, 0.15) is 30.3 Å². The number of nitrogens with zero attached hydrogens (tertiary/aromatic N) is 6. The fourth-order valence-corrected chi connectivity index (χ4v) is 3.02. The minimum absolute atomic E-state index is 0.0643. The molecule has 0 aromatic carbocycles. The lowest BCUT2D eigenvalue weighted by Gasteiger charge is -2.05. The molecule has 0 saturated heterocycles. The quantitative estimate of drug-likeness (QED) is 0.637. The number of carbonyl (C=O) groups is 1. The van der Waals surface area contributed by atoms with Crippen molar-refractivity contribution in [1.82, 2.24) is 29.3 Å². The average molecular weight is 420 g/mol. The Balaban J connectivity index is 1.55. The lowest BCUT2D eigenvalue weighted by atomic mass is 10.2. The number of aromatic nitrogens is 6. The smallest absolute Gasteiger partial charge is 0.226 e. The van der Waals surface area contributed by atoms with Crippen LogP contribution in [-0.2, 0) is 24.4 Å². The number of rotatable bonds is 7. The number of hydrogen-bond donors (Lipinski definition) is 1. The molecule has 3 aromatic heterocycles. The van der Waals surface area contributed by atoms with Crippen molar-refractivity contribution >= 4 is 27.5 Å². The van der Waals surface area contributed by atoms with Gasteiger partial charge in [0.15, 0.2) is 0 Å². The first-order chi connectivity index (χ1) is 12.5. The van der Waals surface area contributed by atoms with Gasteiger partial charge in [-0.2, -0.15) is 15.3 Å². The van der Waals surface area contributed by atoms with Crippen LogP contribution in [0.4, 0.5) is 5.69 Å². The van der Waals surface area contributed by atoms with E-state index < -0.39 is 0 Å². The Morgan fingerprint density at radius 3 is 2.54 bits per heavy atom. The van der Waals surface area contributed by atoms with Gasteiger partial charge in [0, 0.05) is 36.1 Å². The molecule has 8 nitrogen and oxygen atoms in total. The molecule has 3 aromatic rings. The summed E-state index contributed by atoms with van der Waals surface area (Å²) >= 11 is 3.42. The molecule has 0 bridgehead atoms. The minimum atomic E-state index is -0.0643. The summed E-state index contributed by atoms with van der Waals surface area (Å²) in [5.74, 6) is -0.0643. The van der Waals surface area contributed by atoms with Gasteiger partial charge in [-0.3, -0.25) is 18.8 Å². The Morgan fingerprint density at radius 2 is 1.88 bits per heavy atom. The van der Waals surface area contributed by atoms with E-state index >= 15 is 0 Å². The van der Waals surface area contributed by atoms with Crippen LogP contribution in [0.15, 0.2) is 29.3 Å². The molecule has 26 heavy (non-hydrogen) atoms. The van der Waals surface area contributed by atoms with Gasteiger partial charge in [-0.1, -0.05) is 0 Å². The molecular formula is C17H22BrN7O. The minimum Gasteiger partial charge on any atom is -0.323 e. The highest BCUT2D eigenvalue weighted by Crippen LogP contribution is 2.15. The molecule has 0 radical (unpaired) electrons. The first-order valence-electron chi connectivity index (χ1n) is 8.49. The summed E-state index contributed by atoms with van der Waals surface area (Å²) in [5.41, 5.74) is 3.95. The number of anilines is 1. The standard InChI is InChI=1S/C17H22BrN7O/c1-4-24-12(2)14(7-20-24)10-23-11-15(8-19-23)22-17(26)5-6-25-13(3)16(18)9-21-25/h7-9,11H,4-6,10H2,1-3H3,(H,22,26). The van der Waals surface area contributed by atoms with Gasteiger partial charge in [-0.15, -0.1) is 0 Å². The number of hydrogen-bond acceptors (Lipinski definition) is 4. The van der Waals surface area contributed by atoms with Crippen molar-refractivity contribution in [2.75, 3.05) is 5.32 Å². The van der Waals surface area contributed by atoms with E-state index in [2.05, 4.69) is 43.5 Å². The SMILES string of the molecule is CCn1ncc(Cn2cc(NC(=O)CCn3ncc(Br)c3C)cn2)c1C. The maximum Gasteiger partial charge on any atom is 0.226 e. The molecule has 9 heteroatoms. The van der Waals surface area contributed by atoms with Gasteiger partial charge in [0.1, 0.15) is 0 Å². The van der Waals surface area contributed by atoms with E-state index in [-0.39, 0.29) is 5.91 Å². The highest BCUT2D eigenvalue weighted by atomic mass is 79.9. The van der Waals surface area contributed by atoms with E-state index in [0.29, 0.717) is 25.2 Å². The molecule has 0 fully saturated rings. The zero-order valence-electron chi connectivity index (χ0n) is 15.1. The average Bonchev–Trinajstić information content (AvgIpc) is 3.29. The van der Waals surface area contributed by atoms with Crippen LogP contribution in [0.3, 0.4) is 0 Å². The molecule has 3 rings (SSSR count). The maximum atomic E-state index is 12.2. The van der Waals surface area contributed by atoms with Gasteiger partial charge in [-0.05, 0) is 36.7 Å². The number of nitrogens with one attached hydrogen (secondary N) is 1. The number of halogens is 1. The van der Waals surface area contributed by atoms with Crippen molar-refractivity contribution in [2.24, 2.45) is 0 Å². The summed E-state index contributed by atoms with van der Waals surface area (Å²) in [6.45, 7) is 8.08. The molecule has 1 amide bonds. The van der Waals surface area contributed by atoms with E-state index in [1.54, 1.807) is 21.8 Å². The van der Waals surface area contributed by atoms with E-state index in [4.69, 9.17) is 0 Å². The first-order valence-corrected chi connectivity index (χ1v) is 9.28. The maximum absolute atomic E-state index is 12.2. The Labute approximate surface area is 160 Å². The molecule has 138 valence electrons. The van der Waals surface area contributed by atoms with Crippen LogP contribution >= 0.6 is 15.9 Å². The van der Waals surface area contributed by atoms with Gasteiger partial charge in [0.25, 0.3) is 0 Å². The van der Waals surface area contributed by atoms with Crippen molar-refractivity contribution in [3.05, 3.63) is 46.2 Å². The van der Waals surface area contributed by atoms with Crippen molar-refractivity contribution in [2.45, 2.75) is 46.8 Å². The fraction of sp³-hybridized carbons (Fsp3) is 0.412. The Kier molecular flexibility index (Phi) is 5.55. The zero-order chi connectivity index (χ0) is 18.7. The van der Waals surface area contributed by atoms with Gasteiger partial charge < -0.3 is 5.32 Å². The van der Waals surface area contributed by atoms with Crippen LogP contribution in [0.2, 0.25) is 0 Å². The third-order valence-electron chi connectivity index (χ3n) is 4.35. The van der Waals surface area contributed by atoms with E-state index in [9.17, 15) is 4.79 Å². The monoisotopic (exact) mass is 419 g/mol. The van der Waals surface area contributed by atoms with Gasteiger partial charge in [0.2, 0.25) is 5.91 Å². The molecule has 1 N–H and O–H groups in total. The van der Waals surface area contributed by atoms with E-state index in [0.717, 1.165) is 28.0 Å². The highest BCUT2D eigenvalue weighted by molar-refractivity contribution is 9.10. The van der Waals surface area contributed by atoms with E-state index in [1.165, 1.54) is 0 Å². The summed E-state index contributed by atoms with van der Waals surface area (Å²) < 4.78 is 6.51. The summed E-state index contributed by atoms with van der Waals surface area (Å²) in [6.07, 6.45) is 7.44. The summed E-state index contributed by atoms with van der Waals surface area (Å²) in [5, 5.41) is 15.8.